The third-order valence-corrected chi connectivity index (χ3v) is 1.61. The first-order valence-corrected chi connectivity index (χ1v) is 4.52. The number of pyridine rings is 1. The van der Waals surface area contributed by atoms with Crippen molar-refractivity contribution in [2.45, 2.75) is 19.8 Å². The Morgan fingerprint density at radius 1 is 1.64 bits per heavy atom. The molecule has 0 atom stereocenters. The van der Waals surface area contributed by atoms with E-state index in [1.54, 1.807) is 18.3 Å². The number of carbonyl (C=O) groups is 1. The smallest absolute Gasteiger partial charge is 0.307 e. The van der Waals surface area contributed by atoms with Crippen LogP contribution in [0.2, 0.25) is 0 Å². The molecule has 0 saturated carbocycles. The van der Waals surface area contributed by atoms with Crippen molar-refractivity contribution in [1.29, 1.82) is 0 Å². The molecule has 0 aromatic carbocycles. The Labute approximate surface area is 82.5 Å². The van der Waals surface area contributed by atoms with Gasteiger partial charge in [0.25, 0.3) is 0 Å². The zero-order chi connectivity index (χ0) is 10.4. The van der Waals surface area contributed by atoms with Gasteiger partial charge in [-0.25, -0.2) is 4.98 Å². The van der Waals surface area contributed by atoms with E-state index in [0.29, 0.717) is 18.1 Å². The van der Waals surface area contributed by atoms with Gasteiger partial charge >= 0.3 is 5.97 Å². The van der Waals surface area contributed by atoms with E-state index in [4.69, 9.17) is 9.84 Å². The van der Waals surface area contributed by atoms with Crippen LogP contribution in [-0.4, -0.2) is 22.7 Å². The lowest BCUT2D eigenvalue weighted by atomic mass is 10.2. The Kier molecular flexibility index (Phi) is 3.91. The van der Waals surface area contributed by atoms with Gasteiger partial charge in [-0.3, -0.25) is 4.79 Å². The van der Waals surface area contributed by atoms with Gasteiger partial charge in [-0.05, 0) is 18.1 Å². The predicted molar refractivity (Wildman–Crippen MR) is 51.4 cm³/mol. The maximum absolute atomic E-state index is 10.4. The van der Waals surface area contributed by atoms with Gasteiger partial charge in [0, 0.05) is 12.3 Å². The maximum atomic E-state index is 10.4. The summed E-state index contributed by atoms with van der Waals surface area (Å²) in [6.45, 7) is 2.60. The van der Waals surface area contributed by atoms with Gasteiger partial charge < -0.3 is 9.84 Å². The minimum atomic E-state index is -0.849. The summed E-state index contributed by atoms with van der Waals surface area (Å²) in [6.07, 6.45) is 2.47. The molecule has 0 unspecified atom stereocenters. The molecule has 1 aromatic heterocycles. The molecular weight excluding hydrogens is 182 g/mol. The summed E-state index contributed by atoms with van der Waals surface area (Å²) in [7, 11) is 0. The monoisotopic (exact) mass is 195 g/mol. The molecule has 4 nitrogen and oxygen atoms in total. The van der Waals surface area contributed by atoms with Gasteiger partial charge in [-0.15, -0.1) is 0 Å². The molecule has 1 rings (SSSR count). The van der Waals surface area contributed by atoms with E-state index in [1.807, 2.05) is 6.92 Å². The highest BCUT2D eigenvalue weighted by molar-refractivity contribution is 5.70. The molecule has 0 amide bonds. The first-order valence-electron chi connectivity index (χ1n) is 4.52. The van der Waals surface area contributed by atoms with E-state index in [1.165, 1.54) is 0 Å². The van der Waals surface area contributed by atoms with E-state index in [9.17, 15) is 4.79 Å². The van der Waals surface area contributed by atoms with Gasteiger partial charge in [-0.2, -0.15) is 0 Å². The van der Waals surface area contributed by atoms with Crippen LogP contribution in [0.3, 0.4) is 0 Å². The first-order chi connectivity index (χ1) is 6.72. The Hall–Kier alpha value is -1.58. The second-order valence-electron chi connectivity index (χ2n) is 2.92. The van der Waals surface area contributed by atoms with Gasteiger partial charge in [0.1, 0.15) is 0 Å². The summed E-state index contributed by atoms with van der Waals surface area (Å²) in [6, 6.07) is 3.33. The Bertz CT molecular complexity index is 312. The van der Waals surface area contributed by atoms with Crippen molar-refractivity contribution in [3.8, 4) is 5.88 Å². The van der Waals surface area contributed by atoms with Gasteiger partial charge in [0.2, 0.25) is 5.88 Å². The van der Waals surface area contributed by atoms with Crippen LogP contribution in [0, 0.1) is 0 Å². The lowest BCUT2D eigenvalue weighted by Gasteiger charge is -2.04. The highest BCUT2D eigenvalue weighted by atomic mass is 16.5. The summed E-state index contributed by atoms with van der Waals surface area (Å²) in [4.78, 5) is 14.4. The molecule has 0 spiro atoms. The topological polar surface area (TPSA) is 59.4 Å². The fourth-order valence-corrected chi connectivity index (χ4v) is 1.02. The van der Waals surface area contributed by atoms with Crippen LogP contribution in [0.5, 0.6) is 5.88 Å². The van der Waals surface area contributed by atoms with Crippen LogP contribution in [0.1, 0.15) is 18.9 Å². The van der Waals surface area contributed by atoms with E-state index >= 15 is 0 Å². The quantitative estimate of drug-likeness (QED) is 0.773. The first kappa shape index (κ1) is 10.5. The molecule has 0 saturated heterocycles. The molecule has 0 fully saturated rings. The largest absolute Gasteiger partial charge is 0.481 e. The summed E-state index contributed by atoms with van der Waals surface area (Å²) < 4.78 is 5.27. The average molecular weight is 195 g/mol. The van der Waals surface area contributed by atoms with Gasteiger partial charge in [0.15, 0.2) is 0 Å². The lowest BCUT2D eigenvalue weighted by molar-refractivity contribution is -0.136. The summed E-state index contributed by atoms with van der Waals surface area (Å²) >= 11 is 0. The summed E-state index contributed by atoms with van der Waals surface area (Å²) in [5, 5.41) is 8.57. The molecule has 14 heavy (non-hydrogen) atoms. The van der Waals surface area contributed by atoms with Gasteiger partial charge in [0.05, 0.1) is 13.0 Å². The molecule has 1 aromatic rings. The molecular formula is C10H13NO3. The second kappa shape index (κ2) is 5.21. The Morgan fingerprint density at radius 3 is 3.07 bits per heavy atom. The van der Waals surface area contributed by atoms with Crippen LogP contribution in [-0.2, 0) is 11.2 Å². The molecule has 76 valence electrons. The van der Waals surface area contributed by atoms with Gasteiger partial charge in [-0.1, -0.05) is 6.92 Å². The summed E-state index contributed by atoms with van der Waals surface area (Å²) in [5.41, 5.74) is 0.707. The van der Waals surface area contributed by atoms with Crippen LogP contribution < -0.4 is 4.74 Å². The molecule has 1 heterocycles. The maximum Gasteiger partial charge on any atom is 0.307 e. The number of aromatic nitrogens is 1. The number of aliphatic carboxylic acids is 1. The SMILES string of the molecule is CCCOc1cc(CC(=O)O)ccn1. The molecule has 0 aliphatic heterocycles. The third kappa shape index (κ3) is 3.43. The minimum absolute atomic E-state index is 0.00497. The van der Waals surface area contributed by atoms with Crippen molar-refractivity contribution in [1.82, 2.24) is 4.98 Å². The fraction of sp³-hybridized carbons (Fsp3) is 0.400. The third-order valence-electron chi connectivity index (χ3n) is 1.61. The highest BCUT2D eigenvalue weighted by Gasteiger charge is 2.02. The van der Waals surface area contributed by atoms with Crippen molar-refractivity contribution < 1.29 is 14.6 Å². The number of carboxylic acids is 1. The minimum Gasteiger partial charge on any atom is -0.481 e. The number of carboxylic acid groups (broad SMARTS) is 1. The molecule has 4 heteroatoms. The zero-order valence-corrected chi connectivity index (χ0v) is 8.06. The van der Waals surface area contributed by atoms with Crippen molar-refractivity contribution in [3.63, 3.8) is 0 Å². The molecule has 0 aliphatic rings. The van der Waals surface area contributed by atoms with Crippen molar-refractivity contribution in [3.05, 3.63) is 23.9 Å². The van der Waals surface area contributed by atoms with Crippen molar-refractivity contribution in [2.24, 2.45) is 0 Å². The zero-order valence-electron chi connectivity index (χ0n) is 8.06. The number of ether oxygens (including phenoxy) is 1. The predicted octanol–water partition coefficient (Wildman–Crippen LogP) is 1.50. The van der Waals surface area contributed by atoms with Crippen LogP contribution in [0.4, 0.5) is 0 Å². The lowest BCUT2D eigenvalue weighted by Crippen LogP contribution is -2.02. The molecule has 0 radical (unpaired) electrons. The Morgan fingerprint density at radius 2 is 2.43 bits per heavy atom. The van der Waals surface area contributed by atoms with Crippen molar-refractivity contribution >= 4 is 5.97 Å². The number of hydrogen-bond donors (Lipinski definition) is 1. The average Bonchev–Trinajstić information content (AvgIpc) is 2.14. The number of hydrogen-bond acceptors (Lipinski definition) is 3. The highest BCUT2D eigenvalue weighted by Crippen LogP contribution is 2.10. The fourth-order valence-electron chi connectivity index (χ4n) is 1.02. The molecule has 0 bridgehead atoms. The van der Waals surface area contributed by atoms with E-state index < -0.39 is 5.97 Å². The standard InChI is InChI=1S/C10H13NO3/c1-2-5-14-9-6-8(3-4-11-9)7-10(12)13/h3-4,6H,2,5,7H2,1H3,(H,12,13). The van der Waals surface area contributed by atoms with Crippen LogP contribution in [0.15, 0.2) is 18.3 Å². The van der Waals surface area contributed by atoms with Crippen molar-refractivity contribution in [2.75, 3.05) is 6.61 Å². The van der Waals surface area contributed by atoms with Crippen LogP contribution >= 0.6 is 0 Å². The second-order valence-corrected chi connectivity index (χ2v) is 2.92. The Balaban J connectivity index is 2.63. The van der Waals surface area contributed by atoms with E-state index in [0.717, 1.165) is 6.42 Å². The number of nitrogens with zero attached hydrogens (tertiary/aromatic N) is 1. The number of rotatable bonds is 5. The molecule has 0 aliphatic carbocycles. The van der Waals surface area contributed by atoms with E-state index in [2.05, 4.69) is 4.98 Å². The van der Waals surface area contributed by atoms with E-state index in [-0.39, 0.29) is 6.42 Å². The summed E-state index contributed by atoms with van der Waals surface area (Å²) in [5.74, 6) is -0.358. The molecule has 1 N–H and O–H groups in total. The van der Waals surface area contributed by atoms with Crippen LogP contribution in [0.25, 0.3) is 0 Å². The normalized spacial score (nSPS) is 9.79.